The quantitative estimate of drug-likeness (QED) is 0.391. The molecule has 0 spiro atoms. The standard InChI is InChI=1S/C35H45N5O5/c1-30-11-12-31(2,20-38-27(43)19-37-29(44)24-8-15-39-40-24)23(18-36)28(30)35(45)26(42)17-25-32(3)9-7-22(41)16-21(32)6-10-33(25,4)34(35,5)14-13-30/h7-9,15,17,21,23,28,45H,6,10-14,16,19-20H2,1-5H3,(H,37,44)(H,38,43)(H,39,40). The zero-order chi connectivity index (χ0) is 32.6. The van der Waals surface area contributed by atoms with Crippen LogP contribution in [0.3, 0.4) is 0 Å². The summed E-state index contributed by atoms with van der Waals surface area (Å²) in [5, 5.41) is 35.7. The molecule has 6 rings (SSSR count). The summed E-state index contributed by atoms with van der Waals surface area (Å²) in [4.78, 5) is 52.0. The lowest BCUT2D eigenvalue weighted by Gasteiger charge is -2.71. The van der Waals surface area contributed by atoms with E-state index in [1.54, 1.807) is 12.2 Å². The third kappa shape index (κ3) is 4.25. The molecule has 3 saturated carbocycles. The van der Waals surface area contributed by atoms with Gasteiger partial charge in [0.25, 0.3) is 5.91 Å². The molecule has 5 aliphatic rings. The number of nitrogens with one attached hydrogen (secondary N) is 3. The predicted molar refractivity (Wildman–Crippen MR) is 165 cm³/mol. The number of amides is 2. The number of allylic oxidation sites excluding steroid dienone is 3. The number of aliphatic hydroxyl groups is 1. The second-order valence-corrected chi connectivity index (χ2v) is 15.7. The Labute approximate surface area is 264 Å². The Morgan fingerprint density at radius 1 is 1.09 bits per heavy atom. The summed E-state index contributed by atoms with van der Waals surface area (Å²) in [6.07, 6.45) is 11.6. The second kappa shape index (κ2) is 10.2. The molecule has 10 heteroatoms. The minimum absolute atomic E-state index is 0.114. The van der Waals surface area contributed by atoms with Gasteiger partial charge >= 0.3 is 0 Å². The van der Waals surface area contributed by atoms with Crippen LogP contribution in [0, 0.1) is 56.2 Å². The van der Waals surface area contributed by atoms with Gasteiger partial charge in [-0.2, -0.15) is 10.4 Å². The fourth-order valence-corrected chi connectivity index (χ4v) is 10.3. The number of ketones is 2. The average Bonchev–Trinajstić information content (AvgIpc) is 3.55. The van der Waals surface area contributed by atoms with Crippen molar-refractivity contribution in [1.82, 2.24) is 20.8 Å². The van der Waals surface area contributed by atoms with Crippen LogP contribution in [0.5, 0.6) is 0 Å². The molecule has 5 aliphatic carbocycles. The van der Waals surface area contributed by atoms with Crippen molar-refractivity contribution in [2.45, 2.75) is 85.2 Å². The molecule has 0 aromatic carbocycles. The van der Waals surface area contributed by atoms with E-state index in [2.05, 4.69) is 54.6 Å². The van der Waals surface area contributed by atoms with Crippen LogP contribution in [0.25, 0.3) is 0 Å². The van der Waals surface area contributed by atoms with Crippen LogP contribution in [0.15, 0.2) is 36.1 Å². The Morgan fingerprint density at radius 2 is 1.82 bits per heavy atom. The molecule has 0 radical (unpaired) electrons. The molecule has 9 atom stereocenters. The van der Waals surface area contributed by atoms with E-state index >= 15 is 0 Å². The third-order valence-corrected chi connectivity index (χ3v) is 13.5. The Bertz CT molecular complexity index is 1560. The lowest BCUT2D eigenvalue weighted by atomic mass is 9.32. The van der Waals surface area contributed by atoms with Crippen molar-refractivity contribution in [1.29, 1.82) is 5.26 Å². The maximum Gasteiger partial charge on any atom is 0.269 e. The van der Waals surface area contributed by atoms with Crippen LogP contribution in [-0.4, -0.2) is 57.4 Å². The topological polar surface area (TPSA) is 165 Å². The molecule has 1 aromatic heterocycles. The number of H-pyrrole nitrogens is 1. The number of hydrogen-bond acceptors (Lipinski definition) is 7. The Balaban J connectivity index is 1.32. The SMILES string of the molecule is CC1(CNC(=O)CNC(=O)c2ccn[nH]2)CCC2(C)CCC3(C)C4(C)CCC5CC(=O)C=CC5(C)C4=CC(=O)C3(O)C2C1C#N. The summed E-state index contributed by atoms with van der Waals surface area (Å²) in [6.45, 7) is 10.4. The van der Waals surface area contributed by atoms with Gasteiger partial charge in [0.2, 0.25) is 5.91 Å². The molecule has 0 aliphatic heterocycles. The molecule has 1 heterocycles. The zero-order valence-corrected chi connectivity index (χ0v) is 27.0. The van der Waals surface area contributed by atoms with Crippen LogP contribution < -0.4 is 10.6 Å². The molecule has 4 N–H and O–H groups in total. The summed E-state index contributed by atoms with van der Waals surface area (Å²) in [6, 6.07) is 4.05. The first-order chi connectivity index (χ1) is 21.1. The molecule has 0 bridgehead atoms. The van der Waals surface area contributed by atoms with Crippen molar-refractivity contribution in [3.63, 3.8) is 0 Å². The van der Waals surface area contributed by atoms with Gasteiger partial charge in [0.1, 0.15) is 11.3 Å². The molecule has 3 fully saturated rings. The summed E-state index contributed by atoms with van der Waals surface area (Å²) < 4.78 is 0. The van der Waals surface area contributed by atoms with Crippen molar-refractivity contribution < 1.29 is 24.3 Å². The lowest BCUT2D eigenvalue weighted by molar-refractivity contribution is -0.251. The highest BCUT2D eigenvalue weighted by atomic mass is 16.3. The van der Waals surface area contributed by atoms with Crippen LogP contribution in [-0.2, 0) is 14.4 Å². The van der Waals surface area contributed by atoms with Gasteiger partial charge in [0.15, 0.2) is 11.6 Å². The number of aromatic amines is 1. The smallest absolute Gasteiger partial charge is 0.269 e. The fourth-order valence-electron chi connectivity index (χ4n) is 10.3. The highest BCUT2D eigenvalue weighted by Crippen LogP contribution is 2.75. The van der Waals surface area contributed by atoms with E-state index in [1.807, 2.05) is 13.0 Å². The fraction of sp³-hybridized carbons (Fsp3) is 0.657. The van der Waals surface area contributed by atoms with Gasteiger partial charge in [0, 0.05) is 41.3 Å². The van der Waals surface area contributed by atoms with Gasteiger partial charge in [-0.1, -0.05) is 40.7 Å². The second-order valence-electron chi connectivity index (χ2n) is 15.7. The number of nitrogens with zero attached hydrogens (tertiary/aromatic N) is 2. The molecule has 240 valence electrons. The number of rotatable bonds is 5. The number of carbonyl (C=O) groups is 4. The summed E-state index contributed by atoms with van der Waals surface area (Å²) in [5.74, 6) is -2.29. The first-order valence-corrected chi connectivity index (χ1v) is 16.2. The summed E-state index contributed by atoms with van der Waals surface area (Å²) >= 11 is 0. The highest BCUT2D eigenvalue weighted by molar-refractivity contribution is 6.01. The van der Waals surface area contributed by atoms with Gasteiger partial charge in [-0.25, -0.2) is 0 Å². The molecular weight excluding hydrogens is 570 g/mol. The van der Waals surface area contributed by atoms with Crippen molar-refractivity contribution >= 4 is 23.4 Å². The van der Waals surface area contributed by atoms with Crippen LogP contribution in [0.4, 0.5) is 0 Å². The minimum Gasteiger partial charge on any atom is -0.381 e. The molecule has 0 saturated heterocycles. The third-order valence-electron chi connectivity index (χ3n) is 13.5. The number of carbonyl (C=O) groups excluding carboxylic acids is 4. The van der Waals surface area contributed by atoms with Crippen LogP contribution in [0.2, 0.25) is 0 Å². The Kier molecular flexibility index (Phi) is 7.13. The van der Waals surface area contributed by atoms with Gasteiger partial charge < -0.3 is 15.7 Å². The number of hydrogen-bond donors (Lipinski definition) is 4. The van der Waals surface area contributed by atoms with E-state index in [0.717, 1.165) is 24.8 Å². The first-order valence-electron chi connectivity index (χ1n) is 16.2. The molecule has 1 aromatic rings. The normalized spacial score (nSPS) is 43.5. The maximum atomic E-state index is 14.6. The zero-order valence-electron chi connectivity index (χ0n) is 27.0. The van der Waals surface area contributed by atoms with E-state index in [4.69, 9.17) is 0 Å². The maximum absolute atomic E-state index is 14.6. The summed E-state index contributed by atoms with van der Waals surface area (Å²) in [5.41, 5.74) is -3.47. The van der Waals surface area contributed by atoms with E-state index < -0.39 is 50.4 Å². The number of fused-ring (bicyclic) bond motifs is 7. The largest absolute Gasteiger partial charge is 0.381 e. The van der Waals surface area contributed by atoms with E-state index in [0.29, 0.717) is 25.7 Å². The first kappa shape index (κ1) is 31.4. The van der Waals surface area contributed by atoms with E-state index in [9.17, 15) is 29.5 Å². The number of aromatic nitrogens is 2. The van der Waals surface area contributed by atoms with Crippen molar-refractivity contribution in [3.05, 3.63) is 41.8 Å². The lowest BCUT2D eigenvalue weighted by Crippen LogP contribution is -2.75. The molecular formula is C35H45N5O5. The predicted octanol–water partition coefficient (Wildman–Crippen LogP) is 3.81. The van der Waals surface area contributed by atoms with E-state index in [-0.39, 0.29) is 42.2 Å². The minimum atomic E-state index is -1.78. The van der Waals surface area contributed by atoms with Gasteiger partial charge in [-0.15, -0.1) is 0 Å². The van der Waals surface area contributed by atoms with E-state index in [1.165, 1.54) is 12.3 Å². The number of nitriles is 1. The monoisotopic (exact) mass is 615 g/mol. The molecule has 45 heavy (non-hydrogen) atoms. The molecule has 10 nitrogen and oxygen atoms in total. The van der Waals surface area contributed by atoms with Gasteiger partial charge in [0.05, 0.1) is 18.5 Å². The molecule has 2 amide bonds. The molecule has 9 unspecified atom stereocenters. The summed E-state index contributed by atoms with van der Waals surface area (Å²) in [7, 11) is 0. The Morgan fingerprint density at radius 3 is 2.51 bits per heavy atom. The van der Waals surface area contributed by atoms with Crippen molar-refractivity contribution in [2.75, 3.05) is 13.1 Å². The van der Waals surface area contributed by atoms with Crippen molar-refractivity contribution in [3.8, 4) is 6.07 Å². The van der Waals surface area contributed by atoms with Gasteiger partial charge in [-0.3, -0.25) is 24.3 Å². The highest BCUT2D eigenvalue weighted by Gasteiger charge is 2.76. The van der Waals surface area contributed by atoms with Gasteiger partial charge in [-0.05, 0) is 79.1 Å². The van der Waals surface area contributed by atoms with Crippen LogP contribution >= 0.6 is 0 Å². The Hall–Kier alpha value is -3.58. The average molecular weight is 616 g/mol. The van der Waals surface area contributed by atoms with Crippen molar-refractivity contribution in [2.24, 2.45) is 44.8 Å². The van der Waals surface area contributed by atoms with Crippen LogP contribution in [0.1, 0.15) is 90.1 Å².